The molecule has 31 heavy (non-hydrogen) atoms. The highest BCUT2D eigenvalue weighted by Crippen LogP contribution is 2.23. The van der Waals surface area contributed by atoms with Crippen molar-refractivity contribution in [2.45, 2.75) is 51.4 Å². The summed E-state index contributed by atoms with van der Waals surface area (Å²) in [5.41, 5.74) is 3.39. The van der Waals surface area contributed by atoms with Crippen molar-refractivity contribution in [3.05, 3.63) is 66.2 Å². The minimum absolute atomic E-state index is 0.361. The first-order valence-corrected chi connectivity index (χ1v) is 11.1. The predicted molar refractivity (Wildman–Crippen MR) is 125 cm³/mol. The zero-order valence-electron chi connectivity index (χ0n) is 18.3. The lowest BCUT2D eigenvalue weighted by Gasteiger charge is -2.08. The molecule has 0 unspecified atom stereocenters. The second kappa shape index (κ2) is 14.8. The van der Waals surface area contributed by atoms with Crippen molar-refractivity contribution in [1.29, 1.82) is 10.5 Å². The van der Waals surface area contributed by atoms with Gasteiger partial charge in [0.05, 0.1) is 30.9 Å². The highest BCUT2D eigenvalue weighted by Gasteiger charge is 2.00. The summed E-state index contributed by atoms with van der Waals surface area (Å²) in [6, 6.07) is 19.9. The van der Waals surface area contributed by atoms with Crippen LogP contribution in [0.1, 0.15) is 56.9 Å². The Morgan fingerprint density at radius 1 is 0.710 bits per heavy atom. The van der Waals surface area contributed by atoms with Crippen molar-refractivity contribution in [2.24, 2.45) is 0 Å². The molecule has 2 aromatic rings. The Labute approximate surface area is 186 Å². The summed E-state index contributed by atoms with van der Waals surface area (Å²) in [5, 5.41) is 17.5. The number of benzene rings is 2. The standard InChI is InChI=1S/C27H32N2O2/c1-23(20-28)22-30-18-8-6-4-2-3-5-7-9-19-31-27-16-14-26(15-17-27)25-12-10-24(21-29)11-13-25/h10-17H,1-9,18-19,22H2. The molecule has 0 bridgehead atoms. The van der Waals surface area contributed by atoms with Gasteiger partial charge in [0.25, 0.3) is 0 Å². The van der Waals surface area contributed by atoms with Crippen LogP contribution in [0.2, 0.25) is 0 Å². The predicted octanol–water partition coefficient (Wildman–Crippen LogP) is 6.82. The number of ether oxygens (including phenoxy) is 2. The van der Waals surface area contributed by atoms with Crippen molar-refractivity contribution >= 4 is 0 Å². The first-order chi connectivity index (χ1) is 15.2. The van der Waals surface area contributed by atoms with Gasteiger partial charge in [-0.15, -0.1) is 0 Å². The highest BCUT2D eigenvalue weighted by molar-refractivity contribution is 5.64. The average Bonchev–Trinajstić information content (AvgIpc) is 2.82. The van der Waals surface area contributed by atoms with Crippen LogP contribution in [-0.4, -0.2) is 19.8 Å². The third kappa shape index (κ3) is 9.98. The van der Waals surface area contributed by atoms with Gasteiger partial charge in [-0.25, -0.2) is 0 Å². The normalized spacial score (nSPS) is 10.3. The summed E-state index contributed by atoms with van der Waals surface area (Å²) in [6.45, 7) is 5.42. The lowest BCUT2D eigenvalue weighted by atomic mass is 10.0. The fourth-order valence-corrected chi connectivity index (χ4v) is 3.27. The minimum Gasteiger partial charge on any atom is -0.494 e. The topological polar surface area (TPSA) is 66.0 Å². The summed E-state index contributed by atoms with van der Waals surface area (Å²) >= 11 is 0. The van der Waals surface area contributed by atoms with E-state index in [4.69, 9.17) is 20.0 Å². The Morgan fingerprint density at radius 3 is 1.77 bits per heavy atom. The maximum atomic E-state index is 8.89. The number of hydrogen-bond acceptors (Lipinski definition) is 4. The third-order valence-corrected chi connectivity index (χ3v) is 5.09. The van der Waals surface area contributed by atoms with Crippen LogP contribution in [0, 0.1) is 22.7 Å². The highest BCUT2D eigenvalue weighted by atomic mass is 16.5. The van der Waals surface area contributed by atoms with E-state index in [0.717, 1.165) is 36.3 Å². The van der Waals surface area contributed by atoms with E-state index in [9.17, 15) is 0 Å². The summed E-state index contributed by atoms with van der Waals surface area (Å²) in [7, 11) is 0. The molecule has 2 rings (SSSR count). The average molecular weight is 417 g/mol. The Balaban J connectivity index is 1.46. The summed E-state index contributed by atoms with van der Waals surface area (Å²) < 4.78 is 11.2. The first kappa shape index (κ1) is 24.2. The van der Waals surface area contributed by atoms with Crippen molar-refractivity contribution in [2.75, 3.05) is 19.8 Å². The van der Waals surface area contributed by atoms with Gasteiger partial charge in [-0.3, -0.25) is 0 Å². The van der Waals surface area contributed by atoms with E-state index in [1.807, 2.05) is 42.5 Å². The Hall–Kier alpha value is -3.08. The first-order valence-electron chi connectivity index (χ1n) is 11.1. The largest absolute Gasteiger partial charge is 0.494 e. The van der Waals surface area contributed by atoms with Crippen molar-refractivity contribution in [1.82, 2.24) is 0 Å². The van der Waals surface area contributed by atoms with Crippen LogP contribution in [0.25, 0.3) is 11.1 Å². The molecule has 0 saturated carbocycles. The van der Waals surface area contributed by atoms with E-state index >= 15 is 0 Å². The van der Waals surface area contributed by atoms with Crippen molar-refractivity contribution < 1.29 is 9.47 Å². The number of nitriles is 2. The Morgan fingerprint density at radius 2 is 1.23 bits per heavy atom. The van der Waals surface area contributed by atoms with Crippen LogP contribution in [0.3, 0.4) is 0 Å². The molecule has 0 amide bonds. The van der Waals surface area contributed by atoms with E-state index in [2.05, 4.69) is 24.8 Å². The van der Waals surface area contributed by atoms with Crippen LogP contribution in [0.5, 0.6) is 5.75 Å². The van der Waals surface area contributed by atoms with Crippen LogP contribution in [-0.2, 0) is 4.74 Å². The van der Waals surface area contributed by atoms with E-state index in [1.54, 1.807) is 0 Å². The number of nitrogens with zero attached hydrogens (tertiary/aromatic N) is 2. The Bertz CT molecular complexity index is 858. The molecular weight excluding hydrogens is 384 g/mol. The maximum absolute atomic E-state index is 8.89. The van der Waals surface area contributed by atoms with Gasteiger partial charge in [0.1, 0.15) is 5.75 Å². The molecule has 0 N–H and O–H groups in total. The van der Waals surface area contributed by atoms with Gasteiger partial charge in [0.15, 0.2) is 0 Å². The number of unbranched alkanes of at least 4 members (excludes halogenated alkanes) is 7. The maximum Gasteiger partial charge on any atom is 0.119 e. The van der Waals surface area contributed by atoms with Gasteiger partial charge in [0, 0.05) is 12.2 Å². The zero-order chi connectivity index (χ0) is 22.2. The molecule has 0 aliphatic carbocycles. The number of rotatable bonds is 15. The van der Waals surface area contributed by atoms with E-state index in [0.29, 0.717) is 24.4 Å². The smallest absolute Gasteiger partial charge is 0.119 e. The molecule has 0 atom stereocenters. The molecule has 0 saturated heterocycles. The molecular formula is C27H32N2O2. The molecule has 0 spiro atoms. The van der Waals surface area contributed by atoms with Gasteiger partial charge < -0.3 is 9.47 Å². The van der Waals surface area contributed by atoms with E-state index in [1.165, 1.54) is 38.5 Å². The van der Waals surface area contributed by atoms with Crippen LogP contribution >= 0.6 is 0 Å². The quantitative estimate of drug-likeness (QED) is 0.236. The van der Waals surface area contributed by atoms with Gasteiger partial charge in [-0.2, -0.15) is 10.5 Å². The molecule has 4 nitrogen and oxygen atoms in total. The van der Waals surface area contributed by atoms with Gasteiger partial charge in [-0.05, 0) is 48.2 Å². The van der Waals surface area contributed by atoms with Crippen LogP contribution in [0.4, 0.5) is 0 Å². The lowest BCUT2D eigenvalue weighted by Crippen LogP contribution is -1.98. The molecule has 0 aliphatic heterocycles. The SMILES string of the molecule is C=C(C#N)COCCCCCCCCCCOc1ccc(-c2ccc(C#N)cc2)cc1. The summed E-state index contributed by atoms with van der Waals surface area (Å²) in [5.74, 6) is 0.901. The van der Waals surface area contributed by atoms with E-state index < -0.39 is 0 Å². The molecule has 0 heterocycles. The molecule has 0 aliphatic rings. The fraction of sp³-hybridized carbons (Fsp3) is 0.407. The van der Waals surface area contributed by atoms with Crippen LogP contribution < -0.4 is 4.74 Å². The third-order valence-electron chi connectivity index (χ3n) is 5.09. The van der Waals surface area contributed by atoms with E-state index in [-0.39, 0.29) is 0 Å². The van der Waals surface area contributed by atoms with Gasteiger partial charge in [0.2, 0.25) is 0 Å². The minimum atomic E-state index is 0.361. The van der Waals surface area contributed by atoms with Gasteiger partial charge in [-0.1, -0.05) is 69.4 Å². The molecule has 0 fully saturated rings. The second-order valence-electron chi connectivity index (χ2n) is 7.66. The second-order valence-corrected chi connectivity index (χ2v) is 7.66. The molecule has 162 valence electrons. The van der Waals surface area contributed by atoms with Crippen LogP contribution in [0.15, 0.2) is 60.7 Å². The Kier molecular flexibility index (Phi) is 11.6. The zero-order valence-corrected chi connectivity index (χ0v) is 18.3. The molecule has 4 heteroatoms. The lowest BCUT2D eigenvalue weighted by molar-refractivity contribution is 0.153. The van der Waals surface area contributed by atoms with Gasteiger partial charge >= 0.3 is 0 Å². The molecule has 0 radical (unpaired) electrons. The van der Waals surface area contributed by atoms with Crippen molar-refractivity contribution in [3.8, 4) is 29.0 Å². The molecule has 2 aromatic carbocycles. The molecule has 0 aromatic heterocycles. The number of hydrogen-bond donors (Lipinski definition) is 0. The fourth-order valence-electron chi connectivity index (χ4n) is 3.27. The summed E-state index contributed by atoms with van der Waals surface area (Å²) in [6.07, 6.45) is 9.53. The summed E-state index contributed by atoms with van der Waals surface area (Å²) in [4.78, 5) is 0. The monoisotopic (exact) mass is 416 g/mol. The van der Waals surface area contributed by atoms with Crippen molar-refractivity contribution in [3.63, 3.8) is 0 Å².